The molecule has 1 heterocycles. The molecule has 0 bridgehead atoms. The number of carboxylic acids is 1. The first-order valence-electron chi connectivity index (χ1n) is 5.53. The normalized spacial score (nSPS) is 10.5. The lowest BCUT2D eigenvalue weighted by atomic mass is 10.2. The molecular formula is C12H11F2N3O2. The van der Waals surface area contributed by atoms with Crippen molar-refractivity contribution >= 4 is 17.6 Å². The smallest absolute Gasteiger partial charge is 0.341 e. The molecule has 0 fully saturated rings. The molecule has 0 aliphatic carbocycles. The number of imidazole rings is 1. The SMILES string of the molecule is CCn1ccnc1Nc1cc(F)c(C(=O)O)c(F)c1. The van der Waals surface area contributed by atoms with Gasteiger partial charge in [-0.1, -0.05) is 0 Å². The topological polar surface area (TPSA) is 67.2 Å². The van der Waals surface area contributed by atoms with Crippen molar-refractivity contribution < 1.29 is 18.7 Å². The number of benzene rings is 1. The number of carbonyl (C=O) groups is 1. The lowest BCUT2D eigenvalue weighted by molar-refractivity contribution is 0.0686. The highest BCUT2D eigenvalue weighted by Gasteiger charge is 2.18. The number of nitrogens with zero attached hydrogens (tertiary/aromatic N) is 2. The van der Waals surface area contributed by atoms with E-state index in [4.69, 9.17) is 5.11 Å². The van der Waals surface area contributed by atoms with E-state index in [2.05, 4.69) is 10.3 Å². The van der Waals surface area contributed by atoms with Crippen LogP contribution in [0.25, 0.3) is 0 Å². The molecule has 1 aromatic heterocycles. The van der Waals surface area contributed by atoms with Gasteiger partial charge in [0.05, 0.1) is 0 Å². The molecule has 2 N–H and O–H groups in total. The number of aryl methyl sites for hydroxylation is 1. The number of anilines is 2. The molecule has 0 aliphatic rings. The van der Waals surface area contributed by atoms with Gasteiger partial charge in [0, 0.05) is 24.6 Å². The van der Waals surface area contributed by atoms with Gasteiger partial charge in [-0.15, -0.1) is 0 Å². The van der Waals surface area contributed by atoms with Crippen molar-refractivity contribution in [2.75, 3.05) is 5.32 Å². The molecule has 5 nitrogen and oxygen atoms in total. The van der Waals surface area contributed by atoms with Crippen molar-refractivity contribution in [1.29, 1.82) is 0 Å². The summed E-state index contributed by atoms with van der Waals surface area (Å²) in [5, 5.41) is 11.4. The molecule has 7 heteroatoms. The summed E-state index contributed by atoms with van der Waals surface area (Å²) in [7, 11) is 0. The first-order chi connectivity index (χ1) is 9.02. The molecule has 2 aromatic rings. The van der Waals surface area contributed by atoms with E-state index < -0.39 is 23.2 Å². The van der Waals surface area contributed by atoms with Crippen molar-refractivity contribution in [3.8, 4) is 0 Å². The van der Waals surface area contributed by atoms with Crippen LogP contribution in [-0.4, -0.2) is 20.6 Å². The first-order valence-corrected chi connectivity index (χ1v) is 5.53. The molecule has 2 rings (SSSR count). The summed E-state index contributed by atoms with van der Waals surface area (Å²) in [6, 6.07) is 1.84. The Morgan fingerprint density at radius 1 is 1.42 bits per heavy atom. The summed E-state index contributed by atoms with van der Waals surface area (Å²) in [6.07, 6.45) is 3.25. The molecular weight excluding hydrogens is 256 g/mol. The predicted octanol–water partition coefficient (Wildman–Crippen LogP) is 2.62. The number of halogens is 2. The van der Waals surface area contributed by atoms with Crippen LogP contribution in [-0.2, 0) is 6.54 Å². The minimum Gasteiger partial charge on any atom is -0.477 e. The second-order valence-corrected chi connectivity index (χ2v) is 3.78. The molecule has 0 saturated heterocycles. The Morgan fingerprint density at radius 2 is 2.05 bits per heavy atom. The van der Waals surface area contributed by atoms with E-state index in [-0.39, 0.29) is 5.69 Å². The van der Waals surface area contributed by atoms with Gasteiger partial charge in [-0.05, 0) is 19.1 Å². The summed E-state index contributed by atoms with van der Waals surface area (Å²) in [6.45, 7) is 2.53. The molecule has 19 heavy (non-hydrogen) atoms. The van der Waals surface area contributed by atoms with Crippen LogP contribution in [0.2, 0.25) is 0 Å². The number of hydrogen-bond acceptors (Lipinski definition) is 3. The largest absolute Gasteiger partial charge is 0.477 e. The van der Waals surface area contributed by atoms with Crippen LogP contribution in [0.5, 0.6) is 0 Å². The van der Waals surface area contributed by atoms with Gasteiger partial charge in [-0.25, -0.2) is 18.6 Å². The number of hydrogen-bond donors (Lipinski definition) is 2. The lowest BCUT2D eigenvalue weighted by Gasteiger charge is -2.09. The van der Waals surface area contributed by atoms with Crippen LogP contribution in [0.4, 0.5) is 20.4 Å². The fourth-order valence-electron chi connectivity index (χ4n) is 1.67. The van der Waals surface area contributed by atoms with E-state index in [1.807, 2.05) is 6.92 Å². The molecule has 0 saturated carbocycles. The summed E-state index contributed by atoms with van der Waals surface area (Å²) in [5.41, 5.74) is -0.870. The van der Waals surface area contributed by atoms with E-state index in [0.29, 0.717) is 12.5 Å². The van der Waals surface area contributed by atoms with Crippen molar-refractivity contribution in [3.05, 3.63) is 41.7 Å². The zero-order valence-electron chi connectivity index (χ0n) is 10.0. The fourth-order valence-corrected chi connectivity index (χ4v) is 1.67. The zero-order chi connectivity index (χ0) is 14.0. The highest BCUT2D eigenvalue weighted by Crippen LogP contribution is 2.21. The van der Waals surface area contributed by atoms with E-state index in [1.165, 1.54) is 0 Å². The van der Waals surface area contributed by atoms with Gasteiger partial charge >= 0.3 is 5.97 Å². The molecule has 0 unspecified atom stereocenters. The number of carboxylic acid groups (broad SMARTS) is 1. The molecule has 0 radical (unpaired) electrons. The minimum absolute atomic E-state index is 0.0981. The Bertz CT molecular complexity index is 602. The van der Waals surface area contributed by atoms with Crippen LogP contribution in [0.15, 0.2) is 24.5 Å². The second kappa shape index (κ2) is 5.05. The van der Waals surface area contributed by atoms with E-state index in [0.717, 1.165) is 12.1 Å². The monoisotopic (exact) mass is 267 g/mol. The maximum Gasteiger partial charge on any atom is 0.341 e. The van der Waals surface area contributed by atoms with Crippen molar-refractivity contribution in [2.45, 2.75) is 13.5 Å². The van der Waals surface area contributed by atoms with Gasteiger partial charge in [0.1, 0.15) is 17.2 Å². The second-order valence-electron chi connectivity index (χ2n) is 3.78. The molecule has 0 spiro atoms. The van der Waals surface area contributed by atoms with Gasteiger partial charge in [0.2, 0.25) is 5.95 Å². The average molecular weight is 267 g/mol. The first kappa shape index (κ1) is 13.0. The zero-order valence-corrected chi connectivity index (χ0v) is 10.0. The number of rotatable bonds is 4. The van der Waals surface area contributed by atoms with Gasteiger partial charge in [-0.3, -0.25) is 0 Å². The highest BCUT2D eigenvalue weighted by molar-refractivity contribution is 5.88. The van der Waals surface area contributed by atoms with Crippen molar-refractivity contribution in [1.82, 2.24) is 9.55 Å². The molecule has 1 aromatic carbocycles. The van der Waals surface area contributed by atoms with Crippen molar-refractivity contribution in [2.24, 2.45) is 0 Å². The summed E-state index contributed by atoms with van der Waals surface area (Å²) in [5.74, 6) is -3.49. The van der Waals surface area contributed by atoms with E-state index in [9.17, 15) is 13.6 Å². The maximum absolute atomic E-state index is 13.5. The van der Waals surface area contributed by atoms with Crippen LogP contribution < -0.4 is 5.32 Å². The highest BCUT2D eigenvalue weighted by atomic mass is 19.1. The summed E-state index contributed by atoms with van der Waals surface area (Å²) in [4.78, 5) is 14.6. The predicted molar refractivity (Wildman–Crippen MR) is 64.5 cm³/mol. The number of aromatic nitrogens is 2. The van der Waals surface area contributed by atoms with E-state index in [1.54, 1.807) is 17.0 Å². The van der Waals surface area contributed by atoms with E-state index >= 15 is 0 Å². The van der Waals surface area contributed by atoms with Gasteiger partial charge in [0.25, 0.3) is 0 Å². The van der Waals surface area contributed by atoms with Gasteiger partial charge < -0.3 is 15.0 Å². The van der Waals surface area contributed by atoms with Gasteiger partial charge in [-0.2, -0.15) is 0 Å². The Hall–Kier alpha value is -2.44. The lowest BCUT2D eigenvalue weighted by Crippen LogP contribution is -2.07. The number of aromatic carboxylic acids is 1. The van der Waals surface area contributed by atoms with Crippen LogP contribution in [0.1, 0.15) is 17.3 Å². The number of nitrogens with one attached hydrogen (secondary N) is 1. The van der Waals surface area contributed by atoms with Gasteiger partial charge in [0.15, 0.2) is 0 Å². The van der Waals surface area contributed by atoms with Crippen LogP contribution >= 0.6 is 0 Å². The van der Waals surface area contributed by atoms with Crippen LogP contribution in [0.3, 0.4) is 0 Å². The summed E-state index contributed by atoms with van der Waals surface area (Å²) >= 11 is 0. The third-order valence-corrected chi connectivity index (χ3v) is 2.57. The minimum atomic E-state index is -1.64. The maximum atomic E-state index is 13.5. The molecule has 0 amide bonds. The Labute approximate surface area is 107 Å². The quantitative estimate of drug-likeness (QED) is 0.893. The Morgan fingerprint density at radius 3 is 2.58 bits per heavy atom. The fraction of sp³-hybridized carbons (Fsp3) is 0.167. The average Bonchev–Trinajstić information content (AvgIpc) is 2.74. The Balaban J connectivity index is 2.35. The summed E-state index contributed by atoms with van der Waals surface area (Å²) < 4.78 is 28.7. The third kappa shape index (κ3) is 2.54. The standard InChI is InChI=1S/C12H11F2N3O2/c1-2-17-4-3-15-12(17)16-7-5-8(13)10(11(18)19)9(14)6-7/h3-6H,2H2,1H3,(H,15,16)(H,18,19). The third-order valence-electron chi connectivity index (χ3n) is 2.57. The molecule has 100 valence electrons. The molecule has 0 aliphatic heterocycles. The van der Waals surface area contributed by atoms with Crippen molar-refractivity contribution in [3.63, 3.8) is 0 Å². The Kier molecular flexibility index (Phi) is 3.46. The molecule has 0 atom stereocenters. The van der Waals surface area contributed by atoms with Crippen LogP contribution in [0, 0.1) is 11.6 Å².